The van der Waals surface area contributed by atoms with Gasteiger partial charge in [-0.1, -0.05) is 26.2 Å². The highest BCUT2D eigenvalue weighted by molar-refractivity contribution is 7.90. The van der Waals surface area contributed by atoms with Crippen LogP contribution in [0.3, 0.4) is 0 Å². The zero-order valence-electron chi connectivity index (χ0n) is 10.1. The van der Waals surface area contributed by atoms with Gasteiger partial charge in [0, 0.05) is 19.3 Å². The van der Waals surface area contributed by atoms with Crippen LogP contribution in [0.5, 0.6) is 0 Å². The van der Waals surface area contributed by atoms with Gasteiger partial charge < -0.3 is 10.6 Å². The van der Waals surface area contributed by atoms with Crippen LogP contribution in [0.25, 0.3) is 0 Å². The average Bonchev–Trinajstić information content (AvgIpc) is 2.15. The normalized spacial score (nSPS) is 11.1. The maximum atomic E-state index is 11.1. The Kier molecular flexibility index (Phi) is 7.97. The van der Waals surface area contributed by atoms with Gasteiger partial charge in [0.15, 0.2) is 0 Å². The minimum atomic E-state index is -2.99. The van der Waals surface area contributed by atoms with Gasteiger partial charge in [-0.25, -0.2) is 13.2 Å². The summed E-state index contributed by atoms with van der Waals surface area (Å²) in [7, 11) is -2.99. The molecule has 0 aliphatic carbocycles. The molecule has 0 aliphatic rings. The van der Waals surface area contributed by atoms with Gasteiger partial charge >= 0.3 is 6.03 Å². The van der Waals surface area contributed by atoms with Gasteiger partial charge in [0.2, 0.25) is 0 Å². The molecule has 6 heteroatoms. The van der Waals surface area contributed by atoms with E-state index in [0.29, 0.717) is 6.54 Å². The molecule has 0 heterocycles. The van der Waals surface area contributed by atoms with Crippen molar-refractivity contribution in [3.8, 4) is 0 Å². The predicted molar refractivity (Wildman–Crippen MR) is 65.3 cm³/mol. The number of carbonyl (C=O) groups is 1. The molecule has 0 radical (unpaired) electrons. The standard InChI is InChI=1S/C10H22N2O3S/c1-3-4-5-6-7-11-10(13)12-8-9-16(2,14)15/h3-9H2,1-2H3,(H2,11,12,13). The van der Waals surface area contributed by atoms with Crippen molar-refractivity contribution in [2.75, 3.05) is 25.1 Å². The summed E-state index contributed by atoms with van der Waals surface area (Å²) in [6, 6.07) is -0.292. The van der Waals surface area contributed by atoms with Crippen molar-refractivity contribution < 1.29 is 13.2 Å². The fourth-order valence-corrected chi connectivity index (χ4v) is 1.64. The first-order chi connectivity index (χ1) is 7.45. The highest BCUT2D eigenvalue weighted by Crippen LogP contribution is 1.96. The van der Waals surface area contributed by atoms with E-state index >= 15 is 0 Å². The Morgan fingerprint density at radius 3 is 2.25 bits per heavy atom. The van der Waals surface area contributed by atoms with Crippen molar-refractivity contribution in [2.24, 2.45) is 0 Å². The summed E-state index contributed by atoms with van der Waals surface area (Å²) < 4.78 is 21.5. The van der Waals surface area contributed by atoms with E-state index in [-0.39, 0.29) is 18.3 Å². The molecule has 0 saturated carbocycles. The maximum Gasteiger partial charge on any atom is 0.314 e. The minimum Gasteiger partial charge on any atom is -0.338 e. The molecule has 96 valence electrons. The molecule has 0 aromatic carbocycles. The van der Waals surface area contributed by atoms with Crippen molar-refractivity contribution in [1.29, 1.82) is 0 Å². The third kappa shape index (κ3) is 11.3. The van der Waals surface area contributed by atoms with E-state index in [1.807, 2.05) is 0 Å². The number of rotatable bonds is 8. The fraction of sp³-hybridized carbons (Fsp3) is 0.900. The molecule has 0 rings (SSSR count). The second kappa shape index (κ2) is 8.38. The quantitative estimate of drug-likeness (QED) is 0.629. The van der Waals surface area contributed by atoms with E-state index in [4.69, 9.17) is 0 Å². The number of nitrogens with one attached hydrogen (secondary N) is 2. The topological polar surface area (TPSA) is 75.3 Å². The van der Waals surface area contributed by atoms with Crippen molar-refractivity contribution in [3.63, 3.8) is 0 Å². The van der Waals surface area contributed by atoms with E-state index in [1.165, 1.54) is 12.8 Å². The van der Waals surface area contributed by atoms with E-state index in [0.717, 1.165) is 19.1 Å². The third-order valence-electron chi connectivity index (χ3n) is 2.07. The summed E-state index contributed by atoms with van der Waals surface area (Å²) in [5.41, 5.74) is 0. The summed E-state index contributed by atoms with van der Waals surface area (Å²) in [5.74, 6) is -0.0176. The number of amides is 2. The van der Waals surface area contributed by atoms with Crippen molar-refractivity contribution in [3.05, 3.63) is 0 Å². The summed E-state index contributed by atoms with van der Waals surface area (Å²) in [5, 5.41) is 5.18. The van der Waals surface area contributed by atoms with Crippen LogP contribution in [-0.4, -0.2) is 39.5 Å². The molecule has 0 unspecified atom stereocenters. The minimum absolute atomic E-state index is 0.0176. The summed E-state index contributed by atoms with van der Waals surface area (Å²) >= 11 is 0. The molecule has 0 saturated heterocycles. The lowest BCUT2D eigenvalue weighted by atomic mass is 10.2. The second-order valence-electron chi connectivity index (χ2n) is 3.87. The van der Waals surface area contributed by atoms with Crippen molar-refractivity contribution in [2.45, 2.75) is 32.6 Å². The smallest absolute Gasteiger partial charge is 0.314 e. The molecule has 0 aromatic rings. The largest absolute Gasteiger partial charge is 0.338 e. The first kappa shape index (κ1) is 15.2. The molecule has 5 nitrogen and oxygen atoms in total. The highest BCUT2D eigenvalue weighted by atomic mass is 32.2. The van der Waals surface area contributed by atoms with Gasteiger partial charge in [-0.05, 0) is 6.42 Å². The molecule has 0 bridgehead atoms. The number of carbonyl (C=O) groups excluding carboxylic acids is 1. The summed E-state index contributed by atoms with van der Waals surface area (Å²) in [6.07, 6.45) is 5.57. The predicted octanol–water partition coefficient (Wildman–Crippen LogP) is 0.910. The molecule has 2 N–H and O–H groups in total. The van der Waals surface area contributed by atoms with Gasteiger partial charge in [0.25, 0.3) is 0 Å². The fourth-order valence-electron chi connectivity index (χ4n) is 1.17. The van der Waals surface area contributed by atoms with Crippen molar-refractivity contribution in [1.82, 2.24) is 10.6 Å². The van der Waals surface area contributed by atoms with Crippen LogP contribution in [0.15, 0.2) is 0 Å². The van der Waals surface area contributed by atoms with Crippen LogP contribution in [0.2, 0.25) is 0 Å². The van der Waals surface area contributed by atoms with Gasteiger partial charge in [-0.15, -0.1) is 0 Å². The molecular formula is C10H22N2O3S. The first-order valence-corrected chi connectivity index (χ1v) is 7.71. The van der Waals surface area contributed by atoms with E-state index in [9.17, 15) is 13.2 Å². The zero-order chi connectivity index (χ0) is 12.4. The Labute approximate surface area is 97.9 Å². The molecule has 16 heavy (non-hydrogen) atoms. The molecule has 0 aromatic heterocycles. The maximum absolute atomic E-state index is 11.1. The Hall–Kier alpha value is -0.780. The lowest BCUT2D eigenvalue weighted by Crippen LogP contribution is -2.38. The van der Waals surface area contributed by atoms with Crippen LogP contribution in [0, 0.1) is 0 Å². The number of unbranched alkanes of at least 4 members (excludes halogenated alkanes) is 3. The monoisotopic (exact) mass is 250 g/mol. The van der Waals surface area contributed by atoms with E-state index in [2.05, 4.69) is 17.6 Å². The third-order valence-corrected chi connectivity index (χ3v) is 3.02. The van der Waals surface area contributed by atoms with Gasteiger partial charge in [-0.3, -0.25) is 0 Å². The summed E-state index contributed by atoms with van der Waals surface area (Å²) in [4.78, 5) is 11.1. The van der Waals surface area contributed by atoms with Crippen LogP contribution < -0.4 is 10.6 Å². The molecule has 0 atom stereocenters. The van der Waals surface area contributed by atoms with Crippen LogP contribution in [-0.2, 0) is 9.84 Å². The lowest BCUT2D eigenvalue weighted by Gasteiger charge is -2.06. The van der Waals surface area contributed by atoms with Crippen molar-refractivity contribution >= 4 is 15.9 Å². The first-order valence-electron chi connectivity index (χ1n) is 5.65. The Morgan fingerprint density at radius 1 is 1.06 bits per heavy atom. The number of hydrogen-bond donors (Lipinski definition) is 2. The highest BCUT2D eigenvalue weighted by Gasteiger charge is 2.03. The molecule has 0 fully saturated rings. The second-order valence-corrected chi connectivity index (χ2v) is 6.13. The molecule has 0 aliphatic heterocycles. The number of hydrogen-bond acceptors (Lipinski definition) is 3. The van der Waals surface area contributed by atoms with E-state index < -0.39 is 9.84 Å². The summed E-state index contributed by atoms with van der Waals surface area (Å²) in [6.45, 7) is 2.94. The molecule has 2 amide bonds. The van der Waals surface area contributed by atoms with Gasteiger partial charge in [-0.2, -0.15) is 0 Å². The van der Waals surface area contributed by atoms with Crippen LogP contribution >= 0.6 is 0 Å². The average molecular weight is 250 g/mol. The number of sulfone groups is 1. The SMILES string of the molecule is CCCCCCNC(=O)NCCS(C)(=O)=O. The lowest BCUT2D eigenvalue weighted by molar-refractivity contribution is 0.241. The Balaban J connectivity index is 3.38. The number of urea groups is 1. The van der Waals surface area contributed by atoms with Crippen LogP contribution in [0.1, 0.15) is 32.6 Å². The molecular weight excluding hydrogens is 228 g/mol. The van der Waals surface area contributed by atoms with Gasteiger partial charge in [0.1, 0.15) is 9.84 Å². The van der Waals surface area contributed by atoms with E-state index in [1.54, 1.807) is 0 Å². The Bertz CT molecular complexity index is 288. The Morgan fingerprint density at radius 2 is 1.69 bits per heavy atom. The van der Waals surface area contributed by atoms with Crippen LogP contribution in [0.4, 0.5) is 4.79 Å². The van der Waals surface area contributed by atoms with Gasteiger partial charge in [0.05, 0.1) is 5.75 Å². The zero-order valence-corrected chi connectivity index (χ0v) is 10.9. The molecule has 0 spiro atoms.